The molecule has 0 saturated carbocycles. The Morgan fingerprint density at radius 2 is 2.42 bits per heavy atom. The lowest BCUT2D eigenvalue weighted by molar-refractivity contribution is 0.0656. The molecule has 0 aliphatic heterocycles. The van der Waals surface area contributed by atoms with E-state index in [0.717, 1.165) is 11.8 Å². The average molecular weight is 190 g/mol. The summed E-state index contributed by atoms with van der Waals surface area (Å²) in [5.41, 5.74) is 0. The molecule has 0 radical (unpaired) electrons. The number of aromatic carboxylic acids is 1. The summed E-state index contributed by atoms with van der Waals surface area (Å²) in [6.07, 6.45) is 0. The first-order valence-corrected chi connectivity index (χ1v) is 4.24. The predicted molar refractivity (Wildman–Crippen MR) is 42.4 cm³/mol. The third-order valence-corrected chi connectivity index (χ3v) is 1.98. The maximum absolute atomic E-state index is 11.7. The van der Waals surface area contributed by atoms with E-state index in [4.69, 9.17) is 9.52 Å². The van der Waals surface area contributed by atoms with Crippen LogP contribution in [0.4, 0.5) is 4.39 Å². The van der Waals surface area contributed by atoms with E-state index < -0.39 is 12.6 Å². The van der Waals surface area contributed by atoms with Crippen molar-refractivity contribution in [1.82, 2.24) is 0 Å². The smallest absolute Gasteiger partial charge is 0.371 e. The molecule has 0 spiro atoms. The second-order valence-corrected chi connectivity index (χ2v) is 3.06. The number of halogens is 1. The summed E-state index contributed by atoms with van der Waals surface area (Å²) in [6, 6.07) is 2.87. The standard InChI is InChI=1S/C7H7FO3S/c8-3-4-12-6-2-1-5(11-6)7(9)10/h1-2H,3-4H2,(H,9,10). The van der Waals surface area contributed by atoms with Gasteiger partial charge in [-0.05, 0) is 12.1 Å². The summed E-state index contributed by atoms with van der Waals surface area (Å²) < 4.78 is 16.5. The summed E-state index contributed by atoms with van der Waals surface area (Å²) in [5, 5.41) is 8.88. The maximum Gasteiger partial charge on any atom is 0.371 e. The van der Waals surface area contributed by atoms with Gasteiger partial charge in [0.2, 0.25) is 5.76 Å². The summed E-state index contributed by atoms with van der Waals surface area (Å²) in [5.74, 6) is -0.939. The molecule has 0 atom stereocenters. The molecule has 5 heteroatoms. The quantitative estimate of drug-likeness (QED) is 0.738. The molecule has 0 fully saturated rings. The van der Waals surface area contributed by atoms with E-state index in [1.54, 1.807) is 0 Å². The number of thioether (sulfide) groups is 1. The van der Waals surface area contributed by atoms with Crippen LogP contribution in [-0.2, 0) is 0 Å². The monoisotopic (exact) mass is 190 g/mol. The summed E-state index contributed by atoms with van der Waals surface area (Å²) in [4.78, 5) is 10.3. The van der Waals surface area contributed by atoms with Crippen molar-refractivity contribution in [2.75, 3.05) is 12.4 Å². The first kappa shape index (κ1) is 9.12. The van der Waals surface area contributed by atoms with Gasteiger partial charge in [0.05, 0.1) is 6.67 Å². The molecule has 0 aliphatic rings. The number of furan rings is 1. The highest BCUT2D eigenvalue weighted by Crippen LogP contribution is 2.20. The van der Waals surface area contributed by atoms with Gasteiger partial charge in [-0.15, -0.1) is 0 Å². The summed E-state index contributed by atoms with van der Waals surface area (Å²) in [6.45, 7) is -0.451. The molecule has 0 unspecified atom stereocenters. The molecule has 0 saturated heterocycles. The average Bonchev–Trinajstić information content (AvgIpc) is 2.48. The molecule has 0 amide bonds. The minimum Gasteiger partial charge on any atom is -0.475 e. The lowest BCUT2D eigenvalue weighted by Crippen LogP contribution is -1.91. The fraction of sp³-hybridized carbons (Fsp3) is 0.286. The van der Waals surface area contributed by atoms with Crippen molar-refractivity contribution in [3.05, 3.63) is 17.9 Å². The van der Waals surface area contributed by atoms with Crippen LogP contribution in [0.5, 0.6) is 0 Å². The molecular formula is C7H7FO3S. The highest BCUT2D eigenvalue weighted by atomic mass is 32.2. The van der Waals surface area contributed by atoms with Gasteiger partial charge >= 0.3 is 5.97 Å². The molecule has 1 aromatic rings. The molecule has 1 rings (SSSR count). The van der Waals surface area contributed by atoms with Crippen LogP contribution in [0.3, 0.4) is 0 Å². The number of carboxylic acid groups (broad SMARTS) is 1. The van der Waals surface area contributed by atoms with Crippen LogP contribution in [-0.4, -0.2) is 23.5 Å². The van der Waals surface area contributed by atoms with Crippen LogP contribution in [0.1, 0.15) is 10.6 Å². The normalized spacial score (nSPS) is 10.1. The van der Waals surface area contributed by atoms with Crippen LogP contribution in [0.25, 0.3) is 0 Å². The molecule has 0 bridgehead atoms. The Labute approximate surface area is 72.6 Å². The molecule has 3 nitrogen and oxygen atoms in total. The Balaban J connectivity index is 2.58. The molecular weight excluding hydrogens is 183 g/mol. The Bertz CT molecular complexity index is 271. The Hall–Kier alpha value is -0.970. The SMILES string of the molecule is O=C(O)c1ccc(SCCF)o1. The number of alkyl halides is 1. The second kappa shape index (κ2) is 4.15. The first-order valence-electron chi connectivity index (χ1n) is 3.26. The zero-order valence-corrected chi connectivity index (χ0v) is 6.94. The second-order valence-electron chi connectivity index (χ2n) is 1.96. The largest absolute Gasteiger partial charge is 0.475 e. The van der Waals surface area contributed by atoms with Crippen LogP contribution in [0.2, 0.25) is 0 Å². The Morgan fingerprint density at radius 3 is 2.92 bits per heavy atom. The van der Waals surface area contributed by atoms with Gasteiger partial charge in [0, 0.05) is 5.75 Å². The minimum absolute atomic E-state index is 0.114. The van der Waals surface area contributed by atoms with Gasteiger partial charge in [0.1, 0.15) is 0 Å². The first-order chi connectivity index (χ1) is 5.74. The van der Waals surface area contributed by atoms with Crippen molar-refractivity contribution in [2.24, 2.45) is 0 Å². The maximum atomic E-state index is 11.7. The van der Waals surface area contributed by atoms with Gasteiger partial charge in [-0.2, -0.15) is 0 Å². The van der Waals surface area contributed by atoms with Gasteiger partial charge in [0.25, 0.3) is 0 Å². The molecule has 12 heavy (non-hydrogen) atoms. The lowest BCUT2D eigenvalue weighted by Gasteiger charge is -1.90. The zero-order chi connectivity index (χ0) is 8.97. The molecule has 0 aromatic carbocycles. The van der Waals surface area contributed by atoms with Gasteiger partial charge < -0.3 is 9.52 Å². The van der Waals surface area contributed by atoms with E-state index in [-0.39, 0.29) is 11.5 Å². The topological polar surface area (TPSA) is 50.4 Å². The van der Waals surface area contributed by atoms with E-state index in [2.05, 4.69) is 0 Å². The predicted octanol–water partition coefficient (Wildman–Crippen LogP) is 2.04. The van der Waals surface area contributed by atoms with Crippen molar-refractivity contribution in [3.8, 4) is 0 Å². The van der Waals surface area contributed by atoms with Gasteiger partial charge in [0.15, 0.2) is 5.09 Å². The third kappa shape index (κ3) is 2.27. The number of carbonyl (C=O) groups is 1. The lowest BCUT2D eigenvalue weighted by atomic mass is 10.5. The van der Waals surface area contributed by atoms with E-state index in [1.165, 1.54) is 12.1 Å². The number of hydrogen-bond donors (Lipinski definition) is 1. The molecule has 1 heterocycles. The van der Waals surface area contributed by atoms with Crippen molar-refractivity contribution in [1.29, 1.82) is 0 Å². The van der Waals surface area contributed by atoms with Crippen molar-refractivity contribution >= 4 is 17.7 Å². The third-order valence-electron chi connectivity index (χ3n) is 1.11. The number of rotatable bonds is 4. The number of carboxylic acids is 1. The number of hydrogen-bond acceptors (Lipinski definition) is 3. The van der Waals surface area contributed by atoms with E-state index >= 15 is 0 Å². The Morgan fingerprint density at radius 1 is 1.67 bits per heavy atom. The highest BCUT2D eigenvalue weighted by Gasteiger charge is 2.08. The van der Waals surface area contributed by atoms with E-state index in [0.29, 0.717) is 5.09 Å². The molecule has 66 valence electrons. The summed E-state index contributed by atoms with van der Waals surface area (Å²) in [7, 11) is 0. The van der Waals surface area contributed by atoms with Crippen LogP contribution >= 0.6 is 11.8 Å². The summed E-state index contributed by atoms with van der Waals surface area (Å²) >= 11 is 1.15. The zero-order valence-electron chi connectivity index (χ0n) is 6.12. The van der Waals surface area contributed by atoms with E-state index in [9.17, 15) is 9.18 Å². The van der Waals surface area contributed by atoms with E-state index in [1.807, 2.05) is 0 Å². The van der Waals surface area contributed by atoms with Crippen LogP contribution < -0.4 is 0 Å². The molecule has 1 aromatic heterocycles. The van der Waals surface area contributed by atoms with Crippen molar-refractivity contribution < 1.29 is 18.7 Å². The highest BCUT2D eigenvalue weighted by molar-refractivity contribution is 7.99. The van der Waals surface area contributed by atoms with Gasteiger partial charge in [-0.3, -0.25) is 4.39 Å². The van der Waals surface area contributed by atoms with Gasteiger partial charge in [-0.1, -0.05) is 11.8 Å². The fourth-order valence-electron chi connectivity index (χ4n) is 0.652. The van der Waals surface area contributed by atoms with Crippen LogP contribution in [0, 0.1) is 0 Å². The van der Waals surface area contributed by atoms with Crippen LogP contribution in [0.15, 0.2) is 21.6 Å². The Kier molecular flexibility index (Phi) is 3.16. The van der Waals surface area contributed by atoms with Crippen molar-refractivity contribution in [2.45, 2.75) is 5.09 Å². The molecule has 1 N–H and O–H groups in total. The minimum atomic E-state index is -1.11. The fourth-order valence-corrected chi connectivity index (χ4v) is 1.24. The van der Waals surface area contributed by atoms with Crippen molar-refractivity contribution in [3.63, 3.8) is 0 Å². The molecule has 0 aliphatic carbocycles. The van der Waals surface area contributed by atoms with Gasteiger partial charge in [-0.25, -0.2) is 4.79 Å².